The van der Waals surface area contributed by atoms with Crippen molar-refractivity contribution in [1.29, 1.82) is 0 Å². The third kappa shape index (κ3) is 3.60. The van der Waals surface area contributed by atoms with Crippen LogP contribution in [0.3, 0.4) is 0 Å². The SMILES string of the molecule is COc1ccc(N/N=C/c2c(C)[nH]n(-c3ccc(F)cc3)c2=O)cc1. The molecule has 0 atom stereocenters. The lowest BCUT2D eigenvalue weighted by Crippen LogP contribution is -2.17. The molecule has 2 aromatic carbocycles. The van der Waals surface area contributed by atoms with Crippen LogP contribution in [0.25, 0.3) is 5.69 Å². The molecule has 0 aliphatic heterocycles. The van der Waals surface area contributed by atoms with E-state index in [0.717, 1.165) is 11.4 Å². The molecule has 0 spiro atoms. The highest BCUT2D eigenvalue weighted by molar-refractivity contribution is 5.81. The van der Waals surface area contributed by atoms with E-state index in [1.54, 1.807) is 26.2 Å². The van der Waals surface area contributed by atoms with Crippen LogP contribution < -0.4 is 15.7 Å². The highest BCUT2D eigenvalue weighted by atomic mass is 19.1. The summed E-state index contributed by atoms with van der Waals surface area (Å²) >= 11 is 0. The van der Waals surface area contributed by atoms with E-state index in [-0.39, 0.29) is 11.4 Å². The number of benzene rings is 2. The van der Waals surface area contributed by atoms with Crippen molar-refractivity contribution >= 4 is 11.9 Å². The van der Waals surface area contributed by atoms with Gasteiger partial charge < -0.3 is 4.74 Å². The van der Waals surface area contributed by atoms with Gasteiger partial charge >= 0.3 is 0 Å². The number of rotatable bonds is 5. The normalized spacial score (nSPS) is 11.0. The van der Waals surface area contributed by atoms with Crippen molar-refractivity contribution in [2.75, 3.05) is 12.5 Å². The fourth-order valence-corrected chi connectivity index (χ4v) is 2.32. The van der Waals surface area contributed by atoms with E-state index in [1.807, 2.05) is 12.1 Å². The van der Waals surface area contributed by atoms with Crippen LogP contribution in [-0.2, 0) is 0 Å². The number of methoxy groups -OCH3 is 1. The van der Waals surface area contributed by atoms with Crippen molar-refractivity contribution in [3.63, 3.8) is 0 Å². The summed E-state index contributed by atoms with van der Waals surface area (Å²) < 4.78 is 19.5. The maximum atomic E-state index is 13.0. The van der Waals surface area contributed by atoms with Gasteiger partial charge in [0, 0.05) is 5.69 Å². The van der Waals surface area contributed by atoms with Crippen LogP contribution >= 0.6 is 0 Å². The van der Waals surface area contributed by atoms with Crippen LogP contribution in [-0.4, -0.2) is 23.1 Å². The summed E-state index contributed by atoms with van der Waals surface area (Å²) in [6.07, 6.45) is 1.46. The number of H-pyrrole nitrogens is 1. The highest BCUT2D eigenvalue weighted by Gasteiger charge is 2.10. The third-order valence-corrected chi connectivity index (χ3v) is 3.68. The average Bonchev–Trinajstić information content (AvgIpc) is 2.91. The predicted octanol–water partition coefficient (Wildman–Crippen LogP) is 3.07. The molecule has 0 amide bonds. The second-order valence-corrected chi connectivity index (χ2v) is 5.37. The Kier molecular flexibility index (Phi) is 4.65. The van der Waals surface area contributed by atoms with Crippen LogP contribution in [0, 0.1) is 12.7 Å². The molecule has 3 aromatic rings. The van der Waals surface area contributed by atoms with E-state index in [0.29, 0.717) is 16.9 Å². The molecular weight excluding hydrogens is 323 g/mol. The van der Waals surface area contributed by atoms with Gasteiger partial charge in [-0.15, -0.1) is 0 Å². The van der Waals surface area contributed by atoms with E-state index in [9.17, 15) is 9.18 Å². The molecule has 0 saturated carbocycles. The quantitative estimate of drug-likeness (QED) is 0.554. The van der Waals surface area contributed by atoms with Crippen LogP contribution in [0.2, 0.25) is 0 Å². The van der Waals surface area contributed by atoms with Crippen LogP contribution in [0.4, 0.5) is 10.1 Å². The Balaban J connectivity index is 1.80. The number of ether oxygens (including phenoxy) is 1. The van der Waals surface area contributed by atoms with Gasteiger partial charge in [0.2, 0.25) is 0 Å². The zero-order valence-electron chi connectivity index (χ0n) is 13.8. The van der Waals surface area contributed by atoms with Crippen molar-refractivity contribution in [3.8, 4) is 11.4 Å². The first-order valence-corrected chi connectivity index (χ1v) is 7.59. The smallest absolute Gasteiger partial charge is 0.280 e. The maximum Gasteiger partial charge on any atom is 0.280 e. The molecule has 1 aromatic heterocycles. The largest absolute Gasteiger partial charge is 0.497 e. The molecule has 3 rings (SSSR count). The van der Waals surface area contributed by atoms with Gasteiger partial charge in [0.1, 0.15) is 11.6 Å². The van der Waals surface area contributed by atoms with E-state index in [4.69, 9.17) is 4.74 Å². The molecule has 25 heavy (non-hydrogen) atoms. The number of hydrogen-bond donors (Lipinski definition) is 2. The van der Waals surface area contributed by atoms with Gasteiger partial charge in [-0.2, -0.15) is 5.10 Å². The minimum atomic E-state index is -0.356. The number of aryl methyl sites for hydroxylation is 1. The minimum Gasteiger partial charge on any atom is -0.497 e. The lowest BCUT2D eigenvalue weighted by Gasteiger charge is -2.01. The first-order valence-electron chi connectivity index (χ1n) is 7.59. The van der Waals surface area contributed by atoms with Gasteiger partial charge in [0.25, 0.3) is 5.56 Å². The van der Waals surface area contributed by atoms with Crippen molar-refractivity contribution < 1.29 is 9.13 Å². The number of hydrazone groups is 1. The van der Waals surface area contributed by atoms with Gasteiger partial charge in [-0.05, 0) is 55.5 Å². The topological polar surface area (TPSA) is 71.4 Å². The van der Waals surface area contributed by atoms with Crippen LogP contribution in [0.5, 0.6) is 5.75 Å². The number of nitrogens with one attached hydrogen (secondary N) is 2. The zero-order valence-corrected chi connectivity index (χ0v) is 13.8. The molecule has 7 heteroatoms. The first-order chi connectivity index (χ1) is 12.1. The van der Waals surface area contributed by atoms with Gasteiger partial charge in [-0.3, -0.25) is 15.3 Å². The Labute approximate surface area is 143 Å². The van der Waals surface area contributed by atoms with E-state index < -0.39 is 0 Å². The molecule has 6 nitrogen and oxygen atoms in total. The number of halogens is 1. The number of anilines is 1. The van der Waals surface area contributed by atoms with Crippen molar-refractivity contribution in [2.45, 2.75) is 6.92 Å². The van der Waals surface area contributed by atoms with Crippen molar-refractivity contribution in [3.05, 3.63) is 76.0 Å². The van der Waals surface area contributed by atoms with Crippen molar-refractivity contribution in [1.82, 2.24) is 9.78 Å². The molecule has 0 fully saturated rings. The van der Waals surface area contributed by atoms with Crippen LogP contribution in [0.15, 0.2) is 58.4 Å². The fourth-order valence-electron chi connectivity index (χ4n) is 2.32. The molecule has 0 aliphatic rings. The lowest BCUT2D eigenvalue weighted by molar-refractivity contribution is 0.415. The lowest BCUT2D eigenvalue weighted by atomic mass is 10.3. The molecule has 0 unspecified atom stereocenters. The maximum absolute atomic E-state index is 13.0. The molecule has 1 heterocycles. The highest BCUT2D eigenvalue weighted by Crippen LogP contribution is 2.15. The predicted molar refractivity (Wildman–Crippen MR) is 95.3 cm³/mol. The monoisotopic (exact) mass is 340 g/mol. The Bertz CT molecular complexity index is 941. The standard InChI is InChI=1S/C18H17FN4O2/c1-12-17(11-20-21-14-5-9-16(25-2)10-6-14)18(24)23(22-12)15-7-3-13(19)4-8-15/h3-11,21-22H,1-2H3/b20-11+. The summed E-state index contributed by atoms with van der Waals surface area (Å²) in [5.74, 6) is 0.392. The Hall–Kier alpha value is -3.35. The van der Waals surface area contributed by atoms with Gasteiger partial charge in [0.15, 0.2) is 0 Å². The fraction of sp³-hybridized carbons (Fsp3) is 0.111. The average molecular weight is 340 g/mol. The van der Waals surface area contributed by atoms with Crippen LogP contribution in [0.1, 0.15) is 11.3 Å². The molecule has 0 saturated heterocycles. The Morgan fingerprint density at radius 3 is 2.48 bits per heavy atom. The summed E-state index contributed by atoms with van der Waals surface area (Å²) in [5, 5.41) is 7.06. The Morgan fingerprint density at radius 2 is 1.84 bits per heavy atom. The zero-order chi connectivity index (χ0) is 17.8. The summed E-state index contributed by atoms with van der Waals surface area (Å²) in [7, 11) is 1.60. The number of aromatic amines is 1. The molecule has 0 bridgehead atoms. The summed E-state index contributed by atoms with van der Waals surface area (Å²) in [6.45, 7) is 1.77. The third-order valence-electron chi connectivity index (χ3n) is 3.68. The summed E-state index contributed by atoms with van der Waals surface area (Å²) in [4.78, 5) is 12.5. The molecule has 0 aliphatic carbocycles. The molecule has 128 valence electrons. The summed E-state index contributed by atoms with van der Waals surface area (Å²) in [6, 6.07) is 12.9. The molecular formula is C18H17FN4O2. The second-order valence-electron chi connectivity index (χ2n) is 5.37. The number of aromatic nitrogens is 2. The second kappa shape index (κ2) is 7.04. The van der Waals surface area contributed by atoms with E-state index in [1.165, 1.54) is 35.2 Å². The first kappa shape index (κ1) is 16.5. The van der Waals surface area contributed by atoms with Gasteiger partial charge in [0.05, 0.1) is 30.3 Å². The number of hydrogen-bond acceptors (Lipinski definition) is 4. The number of nitrogens with zero attached hydrogens (tertiary/aromatic N) is 2. The van der Waals surface area contributed by atoms with Gasteiger partial charge in [-0.1, -0.05) is 0 Å². The van der Waals surface area contributed by atoms with Gasteiger partial charge in [-0.25, -0.2) is 9.07 Å². The van der Waals surface area contributed by atoms with Crippen molar-refractivity contribution in [2.24, 2.45) is 5.10 Å². The Morgan fingerprint density at radius 1 is 1.16 bits per heavy atom. The van der Waals surface area contributed by atoms with E-state index >= 15 is 0 Å². The summed E-state index contributed by atoms with van der Waals surface area (Å²) in [5.41, 5.74) is 5.00. The minimum absolute atomic E-state index is 0.260. The van der Waals surface area contributed by atoms with E-state index in [2.05, 4.69) is 15.6 Å². The molecule has 2 N–H and O–H groups in total. The molecule has 0 radical (unpaired) electrons.